The molecule has 0 aromatic heterocycles. The molecule has 0 aromatic carbocycles. The molecule has 8 heteroatoms. The summed E-state index contributed by atoms with van der Waals surface area (Å²) in [6, 6.07) is -0.548. The molecule has 0 aliphatic rings. The molecule has 1 amide bonds. The van der Waals surface area contributed by atoms with Crippen LogP contribution >= 0.6 is 12.6 Å². The summed E-state index contributed by atoms with van der Waals surface area (Å²) >= 11 is 4.20. The van der Waals surface area contributed by atoms with Gasteiger partial charge in [0.2, 0.25) is 15.9 Å². The van der Waals surface area contributed by atoms with E-state index in [1.165, 1.54) is 6.92 Å². The highest BCUT2D eigenvalue weighted by atomic mass is 32.2. The van der Waals surface area contributed by atoms with E-state index in [4.69, 9.17) is 0 Å². The molecule has 0 aromatic rings. The Balaban J connectivity index is 4.97. The Morgan fingerprint density at radius 3 is 2.14 bits per heavy atom. The molecule has 0 spiro atoms. The maximum Gasteiger partial charge on any atom is 0.236 e. The fourth-order valence-corrected chi connectivity index (χ4v) is 3.51. The summed E-state index contributed by atoms with van der Waals surface area (Å²) in [6.07, 6.45) is 0.188. The predicted octanol–water partition coefficient (Wildman–Crippen LogP) is 0.631. The highest BCUT2D eigenvalue weighted by Gasteiger charge is 2.27. The second-order valence-electron chi connectivity index (χ2n) is 5.98. The SMILES string of the molecule is C=C(C[C@@H](NC)C(CS)NC(C)=O)S(=O)(=O)NC(C)(C)C. The zero-order chi connectivity index (χ0) is 16.8. The molecule has 0 aliphatic carbocycles. The quantitative estimate of drug-likeness (QED) is 0.489. The number of carbonyl (C=O) groups excluding carboxylic acids is 1. The van der Waals surface area contributed by atoms with E-state index in [1.54, 1.807) is 27.8 Å². The van der Waals surface area contributed by atoms with E-state index in [0.717, 1.165) is 0 Å². The molecule has 0 heterocycles. The number of hydrogen-bond donors (Lipinski definition) is 4. The van der Waals surface area contributed by atoms with Crippen molar-refractivity contribution in [1.82, 2.24) is 15.4 Å². The highest BCUT2D eigenvalue weighted by molar-refractivity contribution is 7.93. The number of thiol groups is 1. The van der Waals surface area contributed by atoms with Gasteiger partial charge in [-0.25, -0.2) is 13.1 Å². The first-order chi connectivity index (χ1) is 9.42. The van der Waals surface area contributed by atoms with E-state index in [9.17, 15) is 13.2 Å². The Morgan fingerprint density at radius 1 is 1.29 bits per heavy atom. The number of carbonyl (C=O) groups is 1. The molecule has 0 fully saturated rings. The third kappa shape index (κ3) is 7.85. The molecular formula is C13H27N3O3S2. The predicted molar refractivity (Wildman–Crippen MR) is 89.9 cm³/mol. The number of nitrogens with one attached hydrogen (secondary N) is 3. The molecule has 0 bridgehead atoms. The van der Waals surface area contributed by atoms with Crippen molar-refractivity contribution in [2.75, 3.05) is 12.8 Å². The van der Waals surface area contributed by atoms with Gasteiger partial charge >= 0.3 is 0 Å². The Labute approximate surface area is 133 Å². The van der Waals surface area contributed by atoms with Crippen LogP contribution < -0.4 is 15.4 Å². The second kappa shape index (κ2) is 8.17. The monoisotopic (exact) mass is 337 g/mol. The van der Waals surface area contributed by atoms with Gasteiger partial charge in [0.25, 0.3) is 0 Å². The average Bonchev–Trinajstić information content (AvgIpc) is 2.29. The minimum Gasteiger partial charge on any atom is -0.351 e. The third-order valence-electron chi connectivity index (χ3n) is 2.71. The van der Waals surface area contributed by atoms with E-state index in [1.807, 2.05) is 0 Å². The zero-order valence-electron chi connectivity index (χ0n) is 13.4. The van der Waals surface area contributed by atoms with Gasteiger partial charge in [-0.3, -0.25) is 4.79 Å². The first kappa shape index (κ1) is 20.4. The molecule has 0 radical (unpaired) electrons. The van der Waals surface area contributed by atoms with Crippen molar-refractivity contribution >= 4 is 28.6 Å². The first-order valence-electron chi connectivity index (χ1n) is 6.70. The number of amides is 1. The summed E-state index contributed by atoms with van der Waals surface area (Å²) < 4.78 is 26.9. The van der Waals surface area contributed by atoms with E-state index in [2.05, 4.69) is 34.6 Å². The molecule has 0 rings (SSSR count). The lowest BCUT2D eigenvalue weighted by molar-refractivity contribution is -0.119. The molecular weight excluding hydrogens is 310 g/mol. The highest BCUT2D eigenvalue weighted by Crippen LogP contribution is 2.16. The summed E-state index contributed by atoms with van der Waals surface area (Å²) in [5.41, 5.74) is -0.572. The largest absolute Gasteiger partial charge is 0.351 e. The van der Waals surface area contributed by atoms with Crippen molar-refractivity contribution in [3.05, 3.63) is 11.5 Å². The van der Waals surface area contributed by atoms with Gasteiger partial charge in [-0.2, -0.15) is 12.6 Å². The second-order valence-corrected chi connectivity index (χ2v) is 8.14. The Kier molecular flexibility index (Phi) is 7.94. The minimum absolute atomic E-state index is 0.0777. The van der Waals surface area contributed by atoms with Gasteiger partial charge < -0.3 is 10.6 Å². The van der Waals surface area contributed by atoms with Crippen LogP contribution in [0.25, 0.3) is 0 Å². The van der Waals surface area contributed by atoms with Crippen molar-refractivity contribution in [3.8, 4) is 0 Å². The summed E-state index contributed by atoms with van der Waals surface area (Å²) in [4.78, 5) is 11.3. The maximum absolute atomic E-state index is 12.2. The van der Waals surface area contributed by atoms with Crippen LogP contribution in [0.1, 0.15) is 34.1 Å². The molecule has 21 heavy (non-hydrogen) atoms. The van der Waals surface area contributed by atoms with E-state index < -0.39 is 15.6 Å². The smallest absolute Gasteiger partial charge is 0.236 e. The Hall–Kier alpha value is -0.570. The molecule has 3 N–H and O–H groups in total. The third-order valence-corrected chi connectivity index (χ3v) is 4.91. The molecule has 2 atom stereocenters. The summed E-state index contributed by atoms with van der Waals surface area (Å²) in [7, 11) is -1.91. The van der Waals surface area contributed by atoms with E-state index in [-0.39, 0.29) is 29.3 Å². The van der Waals surface area contributed by atoms with Crippen molar-refractivity contribution in [2.24, 2.45) is 0 Å². The molecule has 0 aliphatic heterocycles. The first-order valence-corrected chi connectivity index (χ1v) is 8.81. The molecule has 1 unspecified atom stereocenters. The van der Waals surface area contributed by atoms with Gasteiger partial charge in [0, 0.05) is 30.7 Å². The van der Waals surface area contributed by atoms with Crippen LogP contribution in [0.4, 0.5) is 0 Å². The normalized spacial score (nSPS) is 15.3. The summed E-state index contributed by atoms with van der Waals surface area (Å²) in [5.74, 6) is 0.209. The topological polar surface area (TPSA) is 87.3 Å². The molecule has 124 valence electrons. The van der Waals surface area contributed by atoms with Crippen molar-refractivity contribution < 1.29 is 13.2 Å². The fraction of sp³-hybridized carbons (Fsp3) is 0.769. The van der Waals surface area contributed by atoms with Crippen LogP contribution in [0.15, 0.2) is 11.5 Å². The van der Waals surface area contributed by atoms with Gasteiger partial charge in [-0.15, -0.1) is 0 Å². The van der Waals surface area contributed by atoms with Crippen LogP contribution in [0, 0.1) is 0 Å². The average molecular weight is 338 g/mol. The summed E-state index contributed by atoms with van der Waals surface area (Å²) in [5, 5.41) is 5.76. The minimum atomic E-state index is -3.62. The van der Waals surface area contributed by atoms with Gasteiger partial charge in [0.1, 0.15) is 0 Å². The Morgan fingerprint density at radius 2 is 1.81 bits per heavy atom. The van der Waals surface area contributed by atoms with Gasteiger partial charge in [-0.1, -0.05) is 6.58 Å². The van der Waals surface area contributed by atoms with E-state index >= 15 is 0 Å². The van der Waals surface area contributed by atoms with Gasteiger partial charge in [-0.05, 0) is 27.8 Å². The molecule has 0 saturated heterocycles. The Bertz CT molecular complexity index is 470. The maximum atomic E-state index is 12.2. The molecule has 0 saturated carbocycles. The van der Waals surface area contributed by atoms with Crippen molar-refractivity contribution in [1.29, 1.82) is 0 Å². The summed E-state index contributed by atoms with van der Waals surface area (Å²) in [6.45, 7) is 10.4. The lowest BCUT2D eigenvalue weighted by Crippen LogP contribution is -2.50. The van der Waals surface area contributed by atoms with E-state index in [0.29, 0.717) is 5.75 Å². The number of rotatable bonds is 8. The van der Waals surface area contributed by atoms with Gasteiger partial charge in [0.15, 0.2) is 0 Å². The van der Waals surface area contributed by atoms with Crippen LogP contribution in [-0.4, -0.2) is 44.7 Å². The molecule has 6 nitrogen and oxygen atoms in total. The lowest BCUT2D eigenvalue weighted by Gasteiger charge is -2.28. The van der Waals surface area contributed by atoms with Crippen molar-refractivity contribution in [3.63, 3.8) is 0 Å². The standard InChI is InChI=1S/C13H27N3O3S2/c1-9(21(18,19)16-13(3,4)5)7-11(14-6)12(8-20)15-10(2)17/h11-12,14,16,20H,1,7-8H2,2-6H3,(H,15,17)/t11-,12?/m1/s1. The number of likely N-dealkylation sites (N-methyl/N-ethyl adjacent to an activating group) is 1. The number of hydrogen-bond acceptors (Lipinski definition) is 5. The lowest BCUT2D eigenvalue weighted by atomic mass is 10.1. The van der Waals surface area contributed by atoms with Crippen molar-refractivity contribution in [2.45, 2.75) is 51.7 Å². The van der Waals surface area contributed by atoms with Crippen LogP contribution in [-0.2, 0) is 14.8 Å². The van der Waals surface area contributed by atoms with Gasteiger partial charge in [0.05, 0.1) is 10.9 Å². The zero-order valence-corrected chi connectivity index (χ0v) is 15.1. The van der Waals surface area contributed by atoms with Crippen LogP contribution in [0.2, 0.25) is 0 Å². The van der Waals surface area contributed by atoms with Crippen LogP contribution in [0.3, 0.4) is 0 Å². The fourth-order valence-electron chi connectivity index (χ4n) is 1.81. The van der Waals surface area contributed by atoms with Crippen LogP contribution in [0.5, 0.6) is 0 Å². The number of sulfonamides is 1.